The van der Waals surface area contributed by atoms with Crippen LogP contribution in [-0.4, -0.2) is 0 Å². The Bertz CT molecular complexity index is 44.7. The molecule has 0 aliphatic carbocycles. The standard InChI is InChI=1S/C9H19.Am/c1-3-5-7-9-8-6-4-2;/h1,3-9H2,2H3;. The van der Waals surface area contributed by atoms with E-state index in [1.807, 2.05) is 0 Å². The van der Waals surface area contributed by atoms with Crippen LogP contribution >= 0.6 is 0 Å². The predicted molar refractivity (Wildman–Crippen MR) is 42.8 cm³/mol. The molecule has 0 aromatic carbocycles. The van der Waals surface area contributed by atoms with Crippen molar-refractivity contribution in [3.8, 4) is 0 Å². The van der Waals surface area contributed by atoms with Crippen LogP contribution in [0.25, 0.3) is 0 Å². The van der Waals surface area contributed by atoms with E-state index in [0.717, 1.165) is 0 Å². The first-order valence-electron chi connectivity index (χ1n) is 4.47. The summed E-state index contributed by atoms with van der Waals surface area (Å²) in [6.45, 7) is 2.27. The summed E-state index contributed by atoms with van der Waals surface area (Å²) in [5, 5.41) is 0. The van der Waals surface area contributed by atoms with E-state index in [0.29, 0.717) is 0 Å². The van der Waals surface area contributed by atoms with Gasteiger partial charge < -0.3 is 0 Å². The molecule has 0 saturated heterocycles. The zero-order valence-electron chi connectivity index (χ0n) is 7.03. The second kappa shape index (κ2) is 9.39. The zero-order chi connectivity index (χ0) is 7.66. The molecule has 0 bridgehead atoms. The first kappa shape index (κ1) is 10.4. The van der Waals surface area contributed by atoms with Crippen molar-refractivity contribution in [2.45, 2.75) is 57.5 Å². The molecule has 1 heteroatoms. The molecule has 0 saturated carbocycles. The van der Waals surface area contributed by atoms with Crippen LogP contribution in [-0.2, 0) is 0 Å². The Labute approximate surface area is 71.4 Å². The third-order valence-corrected chi connectivity index (χ3v) is 2.85. The van der Waals surface area contributed by atoms with Gasteiger partial charge in [-0.1, -0.05) is 0 Å². The molecule has 0 rings (SSSR count). The van der Waals surface area contributed by atoms with Crippen molar-refractivity contribution in [2.75, 3.05) is 0 Å². The van der Waals surface area contributed by atoms with E-state index in [-0.39, 0.29) is 0 Å². The van der Waals surface area contributed by atoms with Crippen LogP contribution in [0.5, 0.6) is 0 Å². The Morgan fingerprint density at radius 3 is 1.80 bits per heavy atom. The molecule has 0 radical (unpaired) electrons. The van der Waals surface area contributed by atoms with Gasteiger partial charge in [0.05, 0.1) is 0 Å². The minimum absolute atomic E-state index is 1.37. The first-order chi connectivity index (χ1) is 4.91. The molecule has 0 aliphatic rings. The Morgan fingerprint density at radius 2 is 1.30 bits per heavy atom. The third-order valence-electron chi connectivity index (χ3n) is 1.74. The molecule has 0 heterocycles. The van der Waals surface area contributed by atoms with Gasteiger partial charge in [0.15, 0.2) is 0 Å². The first-order valence-corrected chi connectivity index (χ1v) is 6.70. The van der Waals surface area contributed by atoms with Gasteiger partial charge in [0, 0.05) is 0 Å². The third kappa shape index (κ3) is 8.39. The van der Waals surface area contributed by atoms with Crippen molar-refractivity contribution in [2.24, 2.45) is 0 Å². The van der Waals surface area contributed by atoms with E-state index in [1.54, 1.807) is 13.4 Å². The van der Waals surface area contributed by atoms with Crippen LogP contribution in [0.1, 0.15) is 51.9 Å². The van der Waals surface area contributed by atoms with Crippen molar-refractivity contribution in [1.29, 1.82) is 0 Å². The van der Waals surface area contributed by atoms with Crippen molar-refractivity contribution in [3.63, 3.8) is 0 Å². The summed E-state index contributed by atoms with van der Waals surface area (Å²) in [5.74, 6) is 0. The van der Waals surface area contributed by atoms with Gasteiger partial charge in [-0.15, -0.1) is 0 Å². The fourth-order valence-corrected chi connectivity index (χ4v) is 1.84. The molecule has 0 fully saturated rings. The average Bonchev–Trinajstić information content (AvgIpc) is 1.97. The molecule has 0 nitrogen and oxygen atoms in total. The zero-order valence-corrected chi connectivity index (χ0v) is 10.2. The summed E-state index contributed by atoms with van der Waals surface area (Å²) < 4.78 is 0. The Morgan fingerprint density at radius 1 is 0.800 bits per heavy atom. The monoisotopic (exact) mass is 368 g/mol. The van der Waals surface area contributed by atoms with Gasteiger partial charge >= 0.3 is 70.9 Å². The minimum atomic E-state index is 1.37. The van der Waals surface area contributed by atoms with E-state index < -0.39 is 0 Å². The van der Waals surface area contributed by atoms with Crippen LogP contribution in [0.3, 0.4) is 0 Å². The second-order valence-electron chi connectivity index (χ2n) is 2.81. The summed E-state index contributed by atoms with van der Waals surface area (Å²) in [7, 11) is 0. The van der Waals surface area contributed by atoms with Gasteiger partial charge in [0.25, 0.3) is 0 Å². The quantitative estimate of drug-likeness (QED) is 0.600. The fourth-order valence-electron chi connectivity index (χ4n) is 1.05. The molecule has 62 valence electrons. The van der Waals surface area contributed by atoms with E-state index in [2.05, 4.69) is 6.92 Å². The van der Waals surface area contributed by atoms with Crippen molar-refractivity contribution < 1.29 is 13.4 Å². The summed E-state index contributed by atoms with van der Waals surface area (Å²) in [6.07, 6.45) is 10.2. The summed E-state index contributed by atoms with van der Waals surface area (Å²) in [6, 6.07) is 0. The number of unbranched alkanes of at least 4 members (excludes halogenated alkanes) is 6. The Kier molecular flexibility index (Phi) is 9.76. The topological polar surface area (TPSA) is 0 Å². The maximum atomic E-state index is 2.27. The molecule has 0 aromatic rings. The van der Waals surface area contributed by atoms with Gasteiger partial charge in [-0.05, 0) is 0 Å². The van der Waals surface area contributed by atoms with Crippen LogP contribution in [0.15, 0.2) is 0 Å². The molecular weight excluding hydrogens is 351 g/mol. The fraction of sp³-hybridized carbons (Fsp3) is 1.00. The van der Waals surface area contributed by atoms with E-state index in [4.69, 9.17) is 0 Å². The normalized spacial score (nSPS) is 10.3. The summed E-state index contributed by atoms with van der Waals surface area (Å²) in [5.41, 5.74) is 1.48. The molecule has 0 spiro atoms. The molecular formula is C9H19Am. The molecule has 0 amide bonds. The summed E-state index contributed by atoms with van der Waals surface area (Å²) in [4.78, 5) is 0. The molecule has 0 aliphatic heterocycles. The Hall–Kier alpha value is 0.390. The molecule has 10 heavy (non-hydrogen) atoms. The number of rotatable bonds is 7. The predicted octanol–water partition coefficient (Wildman–Crippen LogP) is 3.70. The van der Waals surface area contributed by atoms with E-state index in [9.17, 15) is 0 Å². The van der Waals surface area contributed by atoms with Crippen LogP contribution in [0, 0.1) is 13.4 Å². The number of hydrogen-bond acceptors (Lipinski definition) is 0. The Balaban J connectivity index is 2.65. The molecule has 0 atom stereocenters. The van der Waals surface area contributed by atoms with E-state index in [1.165, 1.54) is 50.6 Å². The van der Waals surface area contributed by atoms with Crippen molar-refractivity contribution >= 4 is 0 Å². The molecule has 0 N–H and O–H groups in total. The van der Waals surface area contributed by atoms with Gasteiger partial charge in [-0.2, -0.15) is 0 Å². The van der Waals surface area contributed by atoms with E-state index >= 15 is 0 Å². The van der Waals surface area contributed by atoms with Crippen molar-refractivity contribution in [3.05, 3.63) is 0 Å². The van der Waals surface area contributed by atoms with Gasteiger partial charge in [0.2, 0.25) is 0 Å². The molecule has 0 unspecified atom stereocenters. The van der Waals surface area contributed by atoms with Gasteiger partial charge in [-0.25, -0.2) is 0 Å². The van der Waals surface area contributed by atoms with Gasteiger partial charge in [-0.3, -0.25) is 0 Å². The van der Waals surface area contributed by atoms with Crippen LogP contribution in [0.2, 0.25) is 5.66 Å². The second-order valence-corrected chi connectivity index (χ2v) is 4.38. The van der Waals surface area contributed by atoms with Gasteiger partial charge in [0.1, 0.15) is 0 Å². The number of hydrogen-bond donors (Lipinski definition) is 0. The summed E-state index contributed by atoms with van der Waals surface area (Å²) >= 11 is 1.61. The SMILES string of the molecule is CCCCCCCC[CH2][Am]. The maximum absolute atomic E-state index is 2.27. The van der Waals surface area contributed by atoms with Crippen LogP contribution in [0.4, 0.5) is 0 Å². The average molecular weight is 370 g/mol. The van der Waals surface area contributed by atoms with Crippen LogP contribution < -0.4 is 0 Å². The van der Waals surface area contributed by atoms with Crippen molar-refractivity contribution in [1.82, 2.24) is 0 Å². The molecule has 0 aromatic heterocycles.